The van der Waals surface area contributed by atoms with Gasteiger partial charge in [0.2, 0.25) is 5.82 Å². The molecule has 0 saturated heterocycles. The number of benzene rings is 1. The molecule has 0 fully saturated rings. The first-order valence-electron chi connectivity index (χ1n) is 5.30. The number of methoxy groups -OCH3 is 1. The number of nitro groups is 1. The van der Waals surface area contributed by atoms with E-state index in [9.17, 15) is 28.5 Å². The Hall–Kier alpha value is -2.58. The Kier molecular flexibility index (Phi) is 4.68. The first kappa shape index (κ1) is 15.5. The summed E-state index contributed by atoms with van der Waals surface area (Å²) in [5.74, 6) is -4.59. The van der Waals surface area contributed by atoms with Crippen LogP contribution in [0, 0.1) is 21.7 Å². The van der Waals surface area contributed by atoms with Crippen LogP contribution in [0.1, 0.15) is 17.3 Å². The third-order valence-electron chi connectivity index (χ3n) is 2.36. The monoisotopic (exact) mass is 288 g/mol. The first-order valence-corrected chi connectivity index (χ1v) is 5.30. The predicted molar refractivity (Wildman–Crippen MR) is 62.0 cm³/mol. The van der Waals surface area contributed by atoms with Crippen LogP contribution in [-0.2, 0) is 9.53 Å². The van der Waals surface area contributed by atoms with Crippen molar-refractivity contribution in [2.24, 2.45) is 0 Å². The molecule has 9 heteroatoms. The van der Waals surface area contributed by atoms with Crippen molar-refractivity contribution in [2.45, 2.75) is 13.0 Å². The van der Waals surface area contributed by atoms with Crippen molar-refractivity contribution in [1.82, 2.24) is 5.32 Å². The van der Waals surface area contributed by atoms with Crippen LogP contribution in [0.4, 0.5) is 14.5 Å². The molecule has 0 radical (unpaired) electrons. The van der Waals surface area contributed by atoms with Crippen molar-refractivity contribution < 1.29 is 28.0 Å². The zero-order chi connectivity index (χ0) is 15.4. The fourth-order valence-corrected chi connectivity index (χ4v) is 1.38. The highest BCUT2D eigenvalue weighted by Gasteiger charge is 2.26. The molecule has 1 atom stereocenters. The van der Waals surface area contributed by atoms with Crippen LogP contribution in [0.25, 0.3) is 0 Å². The second kappa shape index (κ2) is 6.04. The lowest BCUT2D eigenvalue weighted by Gasteiger charge is -2.11. The highest BCUT2D eigenvalue weighted by molar-refractivity contribution is 5.97. The Labute approximate surface area is 111 Å². The number of carbonyl (C=O) groups excluding carboxylic acids is 2. The summed E-state index contributed by atoms with van der Waals surface area (Å²) >= 11 is 0. The molecular weight excluding hydrogens is 278 g/mol. The normalized spacial score (nSPS) is 11.6. The van der Waals surface area contributed by atoms with E-state index in [2.05, 4.69) is 4.74 Å². The van der Waals surface area contributed by atoms with Crippen LogP contribution in [0.5, 0.6) is 0 Å². The van der Waals surface area contributed by atoms with Crippen LogP contribution >= 0.6 is 0 Å². The second-order valence-electron chi connectivity index (χ2n) is 3.76. The quantitative estimate of drug-likeness (QED) is 0.509. The van der Waals surface area contributed by atoms with Crippen molar-refractivity contribution in [2.75, 3.05) is 7.11 Å². The highest BCUT2D eigenvalue weighted by Crippen LogP contribution is 2.22. The van der Waals surface area contributed by atoms with E-state index in [1.807, 2.05) is 5.32 Å². The van der Waals surface area contributed by atoms with Gasteiger partial charge in [0.25, 0.3) is 5.91 Å². The van der Waals surface area contributed by atoms with Crippen LogP contribution in [0.15, 0.2) is 12.1 Å². The van der Waals surface area contributed by atoms with E-state index in [1.54, 1.807) is 0 Å². The summed E-state index contributed by atoms with van der Waals surface area (Å²) in [7, 11) is 1.08. The summed E-state index contributed by atoms with van der Waals surface area (Å²) in [5.41, 5.74) is -2.03. The van der Waals surface area contributed by atoms with E-state index in [-0.39, 0.29) is 0 Å². The number of hydrogen-bond acceptors (Lipinski definition) is 5. The van der Waals surface area contributed by atoms with Crippen molar-refractivity contribution in [3.63, 3.8) is 0 Å². The standard InChI is InChI=1S/C11H10F2N2O5/c1-5(11(17)20-2)14-10(16)7-3-6(12)4-8(9(7)13)15(18)19/h3-5H,1-2H3,(H,14,16)/t5-/m0/s1. The zero-order valence-electron chi connectivity index (χ0n) is 10.5. The molecule has 20 heavy (non-hydrogen) atoms. The second-order valence-corrected chi connectivity index (χ2v) is 3.76. The molecular formula is C11H10F2N2O5. The maximum Gasteiger partial charge on any atom is 0.328 e. The minimum absolute atomic E-state index is 0.357. The number of hydrogen-bond donors (Lipinski definition) is 1. The Morgan fingerprint density at radius 2 is 2.00 bits per heavy atom. The first-order chi connectivity index (χ1) is 9.27. The van der Waals surface area contributed by atoms with Gasteiger partial charge < -0.3 is 10.1 Å². The van der Waals surface area contributed by atoms with Gasteiger partial charge in [0.1, 0.15) is 11.9 Å². The average molecular weight is 288 g/mol. The van der Waals surface area contributed by atoms with Gasteiger partial charge in [-0.15, -0.1) is 0 Å². The van der Waals surface area contributed by atoms with Crippen LogP contribution in [0.3, 0.4) is 0 Å². The molecule has 0 aliphatic heterocycles. The van der Waals surface area contributed by atoms with Crippen LogP contribution < -0.4 is 5.32 Å². The molecule has 0 aliphatic rings. The fourth-order valence-electron chi connectivity index (χ4n) is 1.38. The van der Waals surface area contributed by atoms with E-state index in [1.165, 1.54) is 6.92 Å². The number of nitrogens with zero attached hydrogens (tertiary/aromatic N) is 1. The summed E-state index contributed by atoms with van der Waals surface area (Å²) in [6.07, 6.45) is 0. The van der Waals surface area contributed by atoms with Gasteiger partial charge in [-0.2, -0.15) is 4.39 Å². The third kappa shape index (κ3) is 3.25. The van der Waals surface area contributed by atoms with Gasteiger partial charge in [-0.25, -0.2) is 9.18 Å². The number of nitrogens with one attached hydrogen (secondary N) is 1. The zero-order valence-corrected chi connectivity index (χ0v) is 10.5. The molecule has 108 valence electrons. The smallest absolute Gasteiger partial charge is 0.328 e. The van der Waals surface area contributed by atoms with Crippen LogP contribution in [0.2, 0.25) is 0 Å². The van der Waals surface area contributed by atoms with Crippen LogP contribution in [-0.4, -0.2) is 30.0 Å². The topological polar surface area (TPSA) is 98.5 Å². The highest BCUT2D eigenvalue weighted by atomic mass is 19.1. The average Bonchev–Trinajstić information content (AvgIpc) is 2.39. The molecule has 1 N–H and O–H groups in total. The van der Waals surface area contributed by atoms with Crippen molar-refractivity contribution in [3.8, 4) is 0 Å². The lowest BCUT2D eigenvalue weighted by atomic mass is 10.1. The predicted octanol–water partition coefficient (Wildman–Crippen LogP) is 1.16. The van der Waals surface area contributed by atoms with Gasteiger partial charge in [-0.3, -0.25) is 14.9 Å². The van der Waals surface area contributed by atoms with Crippen molar-refractivity contribution in [3.05, 3.63) is 39.4 Å². The number of carbonyl (C=O) groups is 2. The SMILES string of the molecule is COC(=O)[C@H](C)NC(=O)c1cc(F)cc([N+](=O)[O-])c1F. The maximum absolute atomic E-state index is 13.7. The van der Waals surface area contributed by atoms with E-state index in [4.69, 9.17) is 0 Å². The molecule has 0 bridgehead atoms. The number of esters is 1. The third-order valence-corrected chi connectivity index (χ3v) is 2.36. The summed E-state index contributed by atoms with van der Waals surface area (Å²) in [6.45, 7) is 1.26. The molecule has 0 heterocycles. The van der Waals surface area contributed by atoms with Gasteiger partial charge in [0.15, 0.2) is 0 Å². The van der Waals surface area contributed by atoms with E-state index >= 15 is 0 Å². The van der Waals surface area contributed by atoms with Gasteiger partial charge in [0, 0.05) is 0 Å². The molecule has 1 amide bonds. The Morgan fingerprint density at radius 1 is 1.40 bits per heavy atom. The Balaban J connectivity index is 3.11. The fraction of sp³-hybridized carbons (Fsp3) is 0.273. The van der Waals surface area contributed by atoms with Crippen molar-refractivity contribution in [1.29, 1.82) is 0 Å². The number of rotatable bonds is 4. The number of ether oxygens (including phenoxy) is 1. The maximum atomic E-state index is 13.7. The molecule has 7 nitrogen and oxygen atoms in total. The van der Waals surface area contributed by atoms with Crippen molar-refractivity contribution >= 4 is 17.6 Å². The molecule has 0 unspecified atom stereocenters. The van der Waals surface area contributed by atoms with Gasteiger partial charge in [0.05, 0.1) is 23.7 Å². The lowest BCUT2D eigenvalue weighted by molar-refractivity contribution is -0.387. The minimum atomic E-state index is -1.48. The molecule has 0 saturated carbocycles. The lowest BCUT2D eigenvalue weighted by Crippen LogP contribution is -2.39. The van der Waals surface area contributed by atoms with E-state index in [0.29, 0.717) is 12.1 Å². The summed E-state index contributed by atoms with van der Waals surface area (Å²) in [4.78, 5) is 32.1. The largest absolute Gasteiger partial charge is 0.467 e. The number of amides is 1. The van der Waals surface area contributed by atoms with Gasteiger partial charge >= 0.3 is 11.7 Å². The summed E-state index contributed by atoms with van der Waals surface area (Å²) in [6, 6.07) is -0.258. The van der Waals surface area contributed by atoms with E-state index < -0.39 is 45.7 Å². The number of nitro benzene ring substituents is 1. The van der Waals surface area contributed by atoms with Gasteiger partial charge in [-0.1, -0.05) is 0 Å². The number of halogens is 2. The molecule has 0 aromatic heterocycles. The van der Waals surface area contributed by atoms with E-state index in [0.717, 1.165) is 7.11 Å². The molecule has 0 aliphatic carbocycles. The molecule has 0 spiro atoms. The van der Waals surface area contributed by atoms with Gasteiger partial charge in [-0.05, 0) is 13.0 Å². The molecule has 1 rings (SSSR count). The summed E-state index contributed by atoms with van der Waals surface area (Å²) in [5, 5.41) is 12.6. The Bertz CT molecular complexity index is 576. The summed E-state index contributed by atoms with van der Waals surface area (Å²) < 4.78 is 31.2. The Morgan fingerprint density at radius 3 is 2.50 bits per heavy atom. The molecule has 1 aromatic carbocycles. The molecule has 1 aromatic rings. The minimum Gasteiger partial charge on any atom is -0.467 e.